The van der Waals surface area contributed by atoms with Gasteiger partial charge in [0.1, 0.15) is 0 Å². The molecule has 0 saturated carbocycles. The second-order valence-corrected chi connectivity index (χ2v) is 6.29. The van der Waals surface area contributed by atoms with Gasteiger partial charge in [0, 0.05) is 19.0 Å². The van der Waals surface area contributed by atoms with E-state index in [2.05, 4.69) is 13.8 Å². The molecule has 0 aromatic heterocycles. The lowest BCUT2D eigenvalue weighted by Gasteiger charge is -2.23. The molecule has 92 valence electrons. The van der Waals surface area contributed by atoms with E-state index in [4.69, 9.17) is 11.6 Å². The third-order valence-electron chi connectivity index (χ3n) is 2.49. The lowest BCUT2D eigenvalue weighted by atomic mass is 10.1. The molecular weight excluding hydrogens is 234 g/mol. The van der Waals surface area contributed by atoms with Gasteiger partial charge in [-0.3, -0.25) is 0 Å². The van der Waals surface area contributed by atoms with Crippen LogP contribution in [0.4, 0.5) is 0 Å². The van der Waals surface area contributed by atoms with Crippen LogP contribution >= 0.6 is 11.6 Å². The Morgan fingerprint density at radius 3 is 2.33 bits per heavy atom. The molecule has 0 radical (unpaired) electrons. The van der Waals surface area contributed by atoms with Crippen LogP contribution in [0.3, 0.4) is 0 Å². The fraction of sp³-hybridized carbons (Fsp3) is 1.00. The summed E-state index contributed by atoms with van der Waals surface area (Å²) in [6.45, 7) is 7.19. The predicted molar refractivity (Wildman–Crippen MR) is 65.8 cm³/mol. The minimum atomic E-state index is -3.09. The Bertz CT molecular complexity index is 254. The number of rotatable bonds is 8. The topological polar surface area (TPSA) is 37.4 Å². The van der Waals surface area contributed by atoms with Crippen molar-refractivity contribution in [1.82, 2.24) is 4.31 Å². The fourth-order valence-electron chi connectivity index (χ4n) is 1.28. The molecule has 3 nitrogen and oxygen atoms in total. The molecule has 0 fully saturated rings. The summed E-state index contributed by atoms with van der Waals surface area (Å²) in [5.41, 5.74) is 0. The molecule has 0 rings (SSSR count). The Balaban J connectivity index is 4.37. The molecule has 0 saturated heterocycles. The van der Waals surface area contributed by atoms with Crippen LogP contribution in [0.25, 0.3) is 0 Å². The summed E-state index contributed by atoms with van der Waals surface area (Å²) in [6.07, 6.45) is 1.53. The first-order valence-corrected chi connectivity index (χ1v) is 7.66. The molecule has 0 aromatic carbocycles. The SMILES string of the molecule is CCC(C)CN(CC)S(=O)(=O)CCCCl. The Kier molecular flexibility index (Phi) is 7.57. The first-order valence-electron chi connectivity index (χ1n) is 5.51. The standard InChI is InChI=1S/C10H22ClNO2S/c1-4-10(3)9-12(5-2)15(13,14)8-6-7-11/h10H,4-9H2,1-3H3. The molecule has 0 aliphatic heterocycles. The first kappa shape index (κ1) is 15.2. The Morgan fingerprint density at radius 1 is 1.33 bits per heavy atom. The van der Waals surface area contributed by atoms with Crippen LogP contribution in [-0.2, 0) is 10.0 Å². The van der Waals surface area contributed by atoms with Gasteiger partial charge in [0.2, 0.25) is 10.0 Å². The van der Waals surface area contributed by atoms with Crippen LogP contribution in [0.5, 0.6) is 0 Å². The number of sulfonamides is 1. The fourth-order valence-corrected chi connectivity index (χ4v) is 3.22. The molecule has 0 N–H and O–H groups in total. The van der Waals surface area contributed by atoms with E-state index in [0.717, 1.165) is 6.42 Å². The van der Waals surface area contributed by atoms with Gasteiger partial charge < -0.3 is 0 Å². The maximum absolute atomic E-state index is 11.8. The van der Waals surface area contributed by atoms with Crippen molar-refractivity contribution in [2.24, 2.45) is 5.92 Å². The number of nitrogens with zero attached hydrogens (tertiary/aromatic N) is 1. The molecule has 1 unspecified atom stereocenters. The monoisotopic (exact) mass is 255 g/mol. The van der Waals surface area contributed by atoms with E-state index in [1.165, 1.54) is 0 Å². The summed E-state index contributed by atoms with van der Waals surface area (Å²) in [5.74, 6) is 0.983. The van der Waals surface area contributed by atoms with E-state index >= 15 is 0 Å². The van der Waals surface area contributed by atoms with Gasteiger partial charge in [-0.15, -0.1) is 11.6 Å². The molecule has 0 bridgehead atoms. The van der Waals surface area contributed by atoms with Crippen molar-refractivity contribution >= 4 is 21.6 Å². The van der Waals surface area contributed by atoms with E-state index < -0.39 is 10.0 Å². The Hall–Kier alpha value is 0.200. The van der Waals surface area contributed by atoms with E-state index in [-0.39, 0.29) is 5.75 Å². The van der Waals surface area contributed by atoms with E-state index in [0.29, 0.717) is 31.3 Å². The van der Waals surface area contributed by atoms with Gasteiger partial charge in [-0.2, -0.15) is 0 Å². The van der Waals surface area contributed by atoms with Crippen molar-refractivity contribution < 1.29 is 8.42 Å². The maximum atomic E-state index is 11.8. The largest absolute Gasteiger partial charge is 0.214 e. The third kappa shape index (κ3) is 5.73. The maximum Gasteiger partial charge on any atom is 0.214 e. The number of hydrogen-bond donors (Lipinski definition) is 0. The first-order chi connectivity index (χ1) is 6.97. The lowest BCUT2D eigenvalue weighted by molar-refractivity contribution is 0.361. The van der Waals surface area contributed by atoms with Gasteiger partial charge in [0.25, 0.3) is 0 Å². The molecule has 0 aliphatic rings. The van der Waals surface area contributed by atoms with E-state index in [1.54, 1.807) is 4.31 Å². The van der Waals surface area contributed by atoms with Crippen molar-refractivity contribution in [1.29, 1.82) is 0 Å². The number of hydrogen-bond acceptors (Lipinski definition) is 2. The lowest BCUT2D eigenvalue weighted by Crippen LogP contribution is -2.36. The average Bonchev–Trinajstić information content (AvgIpc) is 2.22. The van der Waals surface area contributed by atoms with Crippen LogP contribution < -0.4 is 0 Å². The van der Waals surface area contributed by atoms with Crippen molar-refractivity contribution in [2.45, 2.75) is 33.6 Å². The molecule has 0 aromatic rings. The summed E-state index contributed by atoms with van der Waals surface area (Å²) in [6, 6.07) is 0. The van der Waals surface area contributed by atoms with Gasteiger partial charge >= 0.3 is 0 Å². The highest BCUT2D eigenvalue weighted by Crippen LogP contribution is 2.10. The highest BCUT2D eigenvalue weighted by Gasteiger charge is 2.21. The second-order valence-electron chi connectivity index (χ2n) is 3.82. The smallest absolute Gasteiger partial charge is 0.212 e. The zero-order chi connectivity index (χ0) is 11.9. The minimum absolute atomic E-state index is 0.167. The summed E-state index contributed by atoms with van der Waals surface area (Å²) < 4.78 is 25.2. The predicted octanol–water partition coefficient (Wildman–Crippen LogP) is 2.31. The summed E-state index contributed by atoms with van der Waals surface area (Å²) >= 11 is 5.51. The Labute approximate surface area is 98.8 Å². The molecule has 0 spiro atoms. The van der Waals surface area contributed by atoms with Crippen LogP contribution in [0.1, 0.15) is 33.6 Å². The third-order valence-corrected chi connectivity index (χ3v) is 4.76. The van der Waals surface area contributed by atoms with Gasteiger partial charge in [0.15, 0.2) is 0 Å². The van der Waals surface area contributed by atoms with E-state index in [9.17, 15) is 8.42 Å². The van der Waals surface area contributed by atoms with Crippen molar-refractivity contribution in [3.63, 3.8) is 0 Å². The van der Waals surface area contributed by atoms with Crippen molar-refractivity contribution in [3.8, 4) is 0 Å². The number of halogens is 1. The normalized spacial score (nSPS) is 14.5. The summed E-state index contributed by atoms with van der Waals surface area (Å²) in [5, 5.41) is 0. The van der Waals surface area contributed by atoms with Gasteiger partial charge in [0.05, 0.1) is 5.75 Å². The summed E-state index contributed by atoms with van der Waals surface area (Å²) in [4.78, 5) is 0. The highest BCUT2D eigenvalue weighted by atomic mass is 35.5. The molecule has 0 aliphatic carbocycles. The summed E-state index contributed by atoms with van der Waals surface area (Å²) in [7, 11) is -3.09. The van der Waals surface area contributed by atoms with Crippen LogP contribution in [-0.4, -0.2) is 37.4 Å². The van der Waals surface area contributed by atoms with Crippen LogP contribution in [0.2, 0.25) is 0 Å². The zero-order valence-electron chi connectivity index (χ0n) is 9.87. The van der Waals surface area contributed by atoms with Crippen LogP contribution in [0.15, 0.2) is 0 Å². The molecule has 0 heterocycles. The van der Waals surface area contributed by atoms with Crippen molar-refractivity contribution in [2.75, 3.05) is 24.7 Å². The highest BCUT2D eigenvalue weighted by molar-refractivity contribution is 7.89. The second kappa shape index (κ2) is 7.47. The molecular formula is C10H22ClNO2S. The van der Waals surface area contributed by atoms with Crippen LogP contribution in [0, 0.1) is 5.92 Å². The van der Waals surface area contributed by atoms with Gasteiger partial charge in [-0.25, -0.2) is 12.7 Å². The van der Waals surface area contributed by atoms with E-state index in [1.807, 2.05) is 6.92 Å². The Morgan fingerprint density at radius 2 is 1.93 bits per heavy atom. The van der Waals surface area contributed by atoms with Gasteiger partial charge in [-0.1, -0.05) is 27.2 Å². The molecule has 1 atom stereocenters. The molecule has 15 heavy (non-hydrogen) atoms. The zero-order valence-corrected chi connectivity index (χ0v) is 11.4. The van der Waals surface area contributed by atoms with Gasteiger partial charge in [-0.05, 0) is 12.3 Å². The van der Waals surface area contributed by atoms with Crippen molar-refractivity contribution in [3.05, 3.63) is 0 Å². The quantitative estimate of drug-likeness (QED) is 0.625. The average molecular weight is 256 g/mol. The molecule has 5 heteroatoms. The minimum Gasteiger partial charge on any atom is -0.212 e. The molecule has 0 amide bonds. The number of alkyl halides is 1.